The van der Waals surface area contributed by atoms with E-state index in [1.165, 1.54) is 25.0 Å². The van der Waals surface area contributed by atoms with E-state index in [1.807, 2.05) is 0 Å². The number of rotatable bonds is 6. The Labute approximate surface area is 111 Å². The van der Waals surface area contributed by atoms with Crippen LogP contribution in [0.15, 0.2) is 24.3 Å². The summed E-state index contributed by atoms with van der Waals surface area (Å²) in [4.78, 5) is 0. The van der Waals surface area contributed by atoms with E-state index in [0.29, 0.717) is 24.7 Å². The summed E-state index contributed by atoms with van der Waals surface area (Å²) >= 11 is 0. The highest BCUT2D eigenvalue weighted by Crippen LogP contribution is 2.31. The number of hydrogen-bond donors (Lipinski definition) is 1. The van der Waals surface area contributed by atoms with E-state index < -0.39 is 11.7 Å². The average Bonchev–Trinajstić information content (AvgIpc) is 3.18. The lowest BCUT2D eigenvalue weighted by Gasteiger charge is -2.18. The summed E-state index contributed by atoms with van der Waals surface area (Å²) in [6, 6.07) is 5.18. The number of halogens is 3. The molecule has 19 heavy (non-hydrogen) atoms. The monoisotopic (exact) mass is 273 g/mol. The summed E-state index contributed by atoms with van der Waals surface area (Å²) in [5, 5.41) is 3.00. The molecule has 1 aliphatic carbocycles. The van der Waals surface area contributed by atoms with Gasteiger partial charge in [0.2, 0.25) is 0 Å². The van der Waals surface area contributed by atoms with Gasteiger partial charge in [0.15, 0.2) is 0 Å². The van der Waals surface area contributed by atoms with E-state index in [-0.39, 0.29) is 6.04 Å². The molecular weight excluding hydrogens is 255 g/mol. The second kappa shape index (κ2) is 5.92. The quantitative estimate of drug-likeness (QED) is 0.857. The summed E-state index contributed by atoms with van der Waals surface area (Å²) in [5.74, 6) is 0.652. The Morgan fingerprint density at radius 3 is 2.68 bits per heavy atom. The van der Waals surface area contributed by atoms with E-state index in [0.717, 1.165) is 6.07 Å². The molecule has 0 saturated heterocycles. The van der Waals surface area contributed by atoms with Crippen molar-refractivity contribution in [3.8, 4) is 0 Å². The minimum atomic E-state index is -4.30. The molecule has 106 valence electrons. The first-order valence-electron chi connectivity index (χ1n) is 6.43. The van der Waals surface area contributed by atoms with Gasteiger partial charge >= 0.3 is 6.18 Å². The van der Waals surface area contributed by atoms with Crippen molar-refractivity contribution in [2.75, 3.05) is 20.3 Å². The molecule has 1 N–H and O–H groups in total. The van der Waals surface area contributed by atoms with Gasteiger partial charge in [-0.25, -0.2) is 0 Å². The predicted octanol–water partition coefficient (Wildman–Crippen LogP) is 3.39. The second-order valence-electron chi connectivity index (χ2n) is 4.95. The van der Waals surface area contributed by atoms with Crippen molar-refractivity contribution in [2.24, 2.45) is 5.92 Å². The van der Waals surface area contributed by atoms with Gasteiger partial charge in [0.05, 0.1) is 18.2 Å². The van der Waals surface area contributed by atoms with Crippen LogP contribution in [0.5, 0.6) is 0 Å². The van der Waals surface area contributed by atoms with Crippen molar-refractivity contribution in [2.45, 2.75) is 25.1 Å². The molecule has 0 spiro atoms. The number of hydrogen-bond acceptors (Lipinski definition) is 2. The van der Waals surface area contributed by atoms with Crippen molar-refractivity contribution in [1.29, 1.82) is 0 Å². The third kappa shape index (κ3) is 4.21. The molecule has 1 atom stereocenters. The number of alkyl halides is 3. The molecule has 0 bridgehead atoms. The Morgan fingerprint density at radius 1 is 1.37 bits per heavy atom. The van der Waals surface area contributed by atoms with Crippen molar-refractivity contribution in [3.05, 3.63) is 35.4 Å². The smallest absolute Gasteiger partial charge is 0.379 e. The maximum Gasteiger partial charge on any atom is 0.416 e. The highest BCUT2D eigenvalue weighted by Gasteiger charge is 2.31. The highest BCUT2D eigenvalue weighted by molar-refractivity contribution is 5.28. The summed E-state index contributed by atoms with van der Waals surface area (Å²) < 4.78 is 43.5. The third-order valence-electron chi connectivity index (χ3n) is 3.30. The third-order valence-corrected chi connectivity index (χ3v) is 3.30. The molecule has 1 aromatic carbocycles. The van der Waals surface area contributed by atoms with Crippen LogP contribution in [0.3, 0.4) is 0 Å². The van der Waals surface area contributed by atoms with Gasteiger partial charge < -0.3 is 10.1 Å². The van der Waals surface area contributed by atoms with Crippen molar-refractivity contribution in [3.63, 3.8) is 0 Å². The standard InChI is InChI=1S/C14H18F3NO/c1-18-13(9-19-8-10-5-6-10)11-3-2-4-12(7-11)14(15,16)17/h2-4,7,10,13,18H,5-6,8-9H2,1H3. The van der Waals surface area contributed by atoms with E-state index in [1.54, 1.807) is 13.1 Å². The Bertz CT molecular complexity index is 415. The minimum Gasteiger partial charge on any atom is -0.379 e. The maximum atomic E-state index is 12.6. The molecule has 2 rings (SSSR count). The summed E-state index contributed by atoms with van der Waals surface area (Å²) in [6.45, 7) is 1.10. The van der Waals surface area contributed by atoms with Crippen molar-refractivity contribution in [1.82, 2.24) is 5.32 Å². The molecular formula is C14H18F3NO. The lowest BCUT2D eigenvalue weighted by Crippen LogP contribution is -2.22. The van der Waals surface area contributed by atoms with Gasteiger partial charge in [-0.05, 0) is 43.5 Å². The molecule has 0 aromatic heterocycles. The van der Waals surface area contributed by atoms with Gasteiger partial charge in [-0.3, -0.25) is 0 Å². The van der Waals surface area contributed by atoms with Gasteiger partial charge in [-0.1, -0.05) is 12.1 Å². The lowest BCUT2D eigenvalue weighted by molar-refractivity contribution is -0.137. The topological polar surface area (TPSA) is 21.3 Å². The fourth-order valence-corrected chi connectivity index (χ4v) is 1.92. The van der Waals surface area contributed by atoms with Gasteiger partial charge in [-0.2, -0.15) is 13.2 Å². The molecule has 2 nitrogen and oxygen atoms in total. The van der Waals surface area contributed by atoms with Crippen LogP contribution in [0, 0.1) is 5.92 Å². The van der Waals surface area contributed by atoms with Gasteiger partial charge in [0.25, 0.3) is 0 Å². The molecule has 5 heteroatoms. The SMILES string of the molecule is CNC(COCC1CC1)c1cccc(C(F)(F)F)c1. The van der Waals surface area contributed by atoms with E-state index in [2.05, 4.69) is 5.32 Å². The first-order chi connectivity index (χ1) is 9.00. The van der Waals surface area contributed by atoms with E-state index >= 15 is 0 Å². The summed E-state index contributed by atoms with van der Waals surface area (Å²) in [5.41, 5.74) is -0.0134. The largest absolute Gasteiger partial charge is 0.416 e. The Kier molecular flexibility index (Phi) is 4.47. The summed E-state index contributed by atoms with van der Waals surface area (Å²) in [6.07, 6.45) is -1.90. The zero-order valence-electron chi connectivity index (χ0n) is 10.8. The van der Waals surface area contributed by atoms with Crippen LogP contribution in [0.4, 0.5) is 13.2 Å². The highest BCUT2D eigenvalue weighted by atomic mass is 19.4. The van der Waals surface area contributed by atoms with Crippen molar-refractivity contribution < 1.29 is 17.9 Å². The normalized spacial score (nSPS) is 17.5. The Hall–Kier alpha value is -1.07. The van der Waals surface area contributed by atoms with Crippen LogP contribution < -0.4 is 5.32 Å². The fraction of sp³-hybridized carbons (Fsp3) is 0.571. The fourth-order valence-electron chi connectivity index (χ4n) is 1.92. The van der Waals surface area contributed by atoms with Gasteiger partial charge in [-0.15, -0.1) is 0 Å². The molecule has 1 saturated carbocycles. The van der Waals surface area contributed by atoms with E-state index in [9.17, 15) is 13.2 Å². The molecule has 1 aliphatic rings. The molecule has 0 amide bonds. The maximum absolute atomic E-state index is 12.6. The Morgan fingerprint density at radius 2 is 2.11 bits per heavy atom. The first-order valence-corrected chi connectivity index (χ1v) is 6.43. The average molecular weight is 273 g/mol. The molecule has 1 aromatic rings. The van der Waals surface area contributed by atoms with Crippen LogP contribution in [-0.2, 0) is 10.9 Å². The number of benzene rings is 1. The number of likely N-dealkylation sites (N-methyl/N-ethyl adjacent to an activating group) is 1. The predicted molar refractivity (Wildman–Crippen MR) is 66.8 cm³/mol. The number of nitrogens with one attached hydrogen (secondary N) is 1. The second-order valence-corrected chi connectivity index (χ2v) is 4.95. The zero-order chi connectivity index (χ0) is 13.9. The summed E-state index contributed by atoms with van der Waals surface area (Å²) in [7, 11) is 1.73. The number of ether oxygens (including phenoxy) is 1. The van der Waals surface area contributed by atoms with Gasteiger partial charge in [0, 0.05) is 6.61 Å². The Balaban J connectivity index is 2.00. The van der Waals surface area contributed by atoms with E-state index in [4.69, 9.17) is 4.74 Å². The van der Waals surface area contributed by atoms with Crippen LogP contribution >= 0.6 is 0 Å². The molecule has 0 heterocycles. The minimum absolute atomic E-state index is 0.207. The van der Waals surface area contributed by atoms with Crippen LogP contribution in [0.1, 0.15) is 30.0 Å². The molecule has 1 fully saturated rings. The van der Waals surface area contributed by atoms with Crippen molar-refractivity contribution >= 4 is 0 Å². The first kappa shape index (κ1) is 14.3. The lowest BCUT2D eigenvalue weighted by atomic mass is 10.0. The van der Waals surface area contributed by atoms with Crippen LogP contribution in [0.25, 0.3) is 0 Å². The molecule has 1 unspecified atom stereocenters. The van der Waals surface area contributed by atoms with Gasteiger partial charge in [0.1, 0.15) is 0 Å². The molecule has 0 radical (unpaired) electrons. The van der Waals surface area contributed by atoms with Crippen LogP contribution in [0.2, 0.25) is 0 Å². The zero-order valence-corrected chi connectivity index (χ0v) is 10.8. The van der Waals surface area contributed by atoms with Crippen LogP contribution in [-0.4, -0.2) is 20.3 Å². The molecule has 0 aliphatic heterocycles.